The number of carbonyl (C=O) groups excluding carboxylic acids is 1. The Morgan fingerprint density at radius 3 is 2.86 bits per heavy atom. The van der Waals surface area contributed by atoms with E-state index >= 15 is 0 Å². The zero-order chi connectivity index (χ0) is 10.4. The molecule has 0 aliphatic carbocycles. The van der Waals surface area contributed by atoms with Crippen LogP contribution in [0.25, 0.3) is 0 Å². The van der Waals surface area contributed by atoms with Gasteiger partial charge < -0.3 is 0 Å². The molecule has 1 heterocycles. The van der Waals surface area contributed by atoms with Crippen molar-refractivity contribution in [2.45, 2.75) is 37.4 Å². The van der Waals surface area contributed by atoms with E-state index < -0.39 is 0 Å². The second-order valence-electron chi connectivity index (χ2n) is 2.93. The normalized spacial score (nSPS) is 10.4. The van der Waals surface area contributed by atoms with Crippen LogP contribution >= 0.6 is 23.1 Å². The molecule has 0 aromatic carbocycles. The molecule has 0 N–H and O–H groups in total. The fraction of sp³-hybridized carbons (Fsp3) is 0.667. The van der Waals surface area contributed by atoms with Crippen molar-refractivity contribution in [3.63, 3.8) is 0 Å². The first kappa shape index (κ1) is 11.7. The molecule has 1 aromatic rings. The Morgan fingerprint density at radius 2 is 2.29 bits per heavy atom. The Kier molecular flexibility index (Phi) is 5.11. The number of aromatic nitrogens is 2. The van der Waals surface area contributed by atoms with Gasteiger partial charge in [-0.15, -0.1) is 10.2 Å². The van der Waals surface area contributed by atoms with Gasteiger partial charge in [0.15, 0.2) is 4.34 Å². The third-order valence-corrected chi connectivity index (χ3v) is 3.79. The SMILES string of the molecule is CCC(=O)CCCSc1nnc(C)s1. The van der Waals surface area contributed by atoms with E-state index in [0.717, 1.165) is 21.5 Å². The number of carbonyl (C=O) groups is 1. The van der Waals surface area contributed by atoms with Crippen molar-refractivity contribution in [1.82, 2.24) is 10.2 Å². The third-order valence-electron chi connectivity index (χ3n) is 1.73. The van der Waals surface area contributed by atoms with Gasteiger partial charge in [-0.2, -0.15) is 0 Å². The molecule has 1 aromatic heterocycles. The smallest absolute Gasteiger partial charge is 0.174 e. The van der Waals surface area contributed by atoms with Gasteiger partial charge in [-0.05, 0) is 13.3 Å². The van der Waals surface area contributed by atoms with Crippen LogP contribution in [0.15, 0.2) is 4.34 Å². The molecule has 0 amide bonds. The Bertz CT molecular complexity index is 299. The van der Waals surface area contributed by atoms with Crippen molar-refractivity contribution < 1.29 is 4.79 Å². The van der Waals surface area contributed by atoms with Crippen LogP contribution in [-0.2, 0) is 4.79 Å². The highest BCUT2D eigenvalue weighted by Crippen LogP contribution is 2.22. The van der Waals surface area contributed by atoms with Crippen LogP contribution in [-0.4, -0.2) is 21.7 Å². The van der Waals surface area contributed by atoms with Crippen LogP contribution in [0.1, 0.15) is 31.2 Å². The van der Waals surface area contributed by atoms with Gasteiger partial charge >= 0.3 is 0 Å². The molecule has 3 nitrogen and oxygen atoms in total. The molecule has 78 valence electrons. The van der Waals surface area contributed by atoms with Crippen LogP contribution in [0.2, 0.25) is 0 Å². The summed E-state index contributed by atoms with van der Waals surface area (Å²) in [6.07, 6.45) is 2.29. The lowest BCUT2D eigenvalue weighted by molar-refractivity contribution is -0.118. The van der Waals surface area contributed by atoms with Gasteiger partial charge in [0.2, 0.25) is 0 Å². The molecule has 5 heteroatoms. The van der Waals surface area contributed by atoms with Crippen LogP contribution in [0.5, 0.6) is 0 Å². The molecule has 14 heavy (non-hydrogen) atoms. The predicted octanol–water partition coefficient (Wildman–Crippen LogP) is 2.70. The number of thioether (sulfide) groups is 1. The Hall–Kier alpha value is -0.420. The quantitative estimate of drug-likeness (QED) is 0.556. The van der Waals surface area contributed by atoms with Gasteiger partial charge in [-0.25, -0.2) is 0 Å². The average Bonchev–Trinajstić information content (AvgIpc) is 2.58. The van der Waals surface area contributed by atoms with E-state index in [4.69, 9.17) is 0 Å². The zero-order valence-corrected chi connectivity index (χ0v) is 10.1. The fourth-order valence-electron chi connectivity index (χ4n) is 0.942. The molecular formula is C9H14N2OS2. The van der Waals surface area contributed by atoms with Crippen molar-refractivity contribution >= 4 is 28.9 Å². The maximum atomic E-state index is 11.0. The molecule has 0 fully saturated rings. The van der Waals surface area contributed by atoms with Crippen LogP contribution < -0.4 is 0 Å². The molecule has 0 aliphatic heterocycles. The standard InChI is InChI=1S/C9H14N2OS2/c1-3-8(12)5-4-6-13-9-11-10-7(2)14-9/h3-6H2,1-2H3. The largest absolute Gasteiger partial charge is 0.300 e. The lowest BCUT2D eigenvalue weighted by Crippen LogP contribution is -1.95. The Labute approximate surface area is 92.3 Å². The minimum Gasteiger partial charge on any atom is -0.300 e. The second-order valence-corrected chi connectivity index (χ2v) is 5.45. The van der Waals surface area contributed by atoms with Crippen LogP contribution in [0.3, 0.4) is 0 Å². The van der Waals surface area contributed by atoms with Gasteiger partial charge in [0, 0.05) is 18.6 Å². The summed E-state index contributed by atoms with van der Waals surface area (Å²) in [7, 11) is 0. The summed E-state index contributed by atoms with van der Waals surface area (Å²) < 4.78 is 1.01. The maximum Gasteiger partial charge on any atom is 0.174 e. The first-order chi connectivity index (χ1) is 6.72. The highest BCUT2D eigenvalue weighted by atomic mass is 32.2. The van der Waals surface area contributed by atoms with Gasteiger partial charge in [0.25, 0.3) is 0 Å². The topological polar surface area (TPSA) is 42.9 Å². The average molecular weight is 230 g/mol. The van der Waals surface area contributed by atoms with E-state index in [1.807, 2.05) is 13.8 Å². The number of nitrogens with zero attached hydrogens (tertiary/aromatic N) is 2. The number of aryl methyl sites for hydroxylation is 1. The van der Waals surface area contributed by atoms with Crippen LogP contribution in [0.4, 0.5) is 0 Å². The molecule has 0 atom stereocenters. The molecule has 0 saturated carbocycles. The highest BCUT2D eigenvalue weighted by molar-refractivity contribution is 8.01. The minimum absolute atomic E-state index is 0.346. The molecule has 0 bridgehead atoms. The number of hydrogen-bond acceptors (Lipinski definition) is 5. The third kappa shape index (κ3) is 4.19. The van der Waals surface area contributed by atoms with E-state index in [9.17, 15) is 4.79 Å². The summed E-state index contributed by atoms with van der Waals surface area (Å²) in [4.78, 5) is 11.0. The number of ketones is 1. The van der Waals surface area contributed by atoms with Gasteiger partial charge in [-0.1, -0.05) is 30.0 Å². The van der Waals surface area contributed by atoms with Crippen molar-refractivity contribution in [2.75, 3.05) is 5.75 Å². The fourth-order valence-corrected chi connectivity index (χ4v) is 2.77. The summed E-state index contributed by atoms with van der Waals surface area (Å²) in [6, 6.07) is 0. The number of rotatable bonds is 6. The lowest BCUT2D eigenvalue weighted by Gasteiger charge is -1.96. The Balaban J connectivity index is 2.13. The van der Waals surface area contributed by atoms with Gasteiger partial charge in [0.1, 0.15) is 10.8 Å². The molecule has 0 aliphatic rings. The van der Waals surface area contributed by atoms with Crippen molar-refractivity contribution in [3.8, 4) is 0 Å². The summed E-state index contributed by atoms with van der Waals surface area (Å²) >= 11 is 3.29. The predicted molar refractivity (Wildman–Crippen MR) is 59.9 cm³/mol. The molecular weight excluding hydrogens is 216 g/mol. The van der Waals surface area contributed by atoms with Gasteiger partial charge in [-0.3, -0.25) is 4.79 Å². The summed E-state index contributed by atoms with van der Waals surface area (Å²) in [6.45, 7) is 3.85. The highest BCUT2D eigenvalue weighted by Gasteiger charge is 2.02. The van der Waals surface area contributed by atoms with E-state index in [0.29, 0.717) is 18.6 Å². The zero-order valence-electron chi connectivity index (χ0n) is 8.45. The van der Waals surface area contributed by atoms with E-state index in [2.05, 4.69) is 10.2 Å². The van der Waals surface area contributed by atoms with Gasteiger partial charge in [0.05, 0.1) is 0 Å². The van der Waals surface area contributed by atoms with Crippen molar-refractivity contribution in [2.24, 2.45) is 0 Å². The van der Waals surface area contributed by atoms with E-state index in [1.54, 1.807) is 23.1 Å². The maximum absolute atomic E-state index is 11.0. The molecule has 0 radical (unpaired) electrons. The Morgan fingerprint density at radius 1 is 1.50 bits per heavy atom. The summed E-state index contributed by atoms with van der Waals surface area (Å²) in [5.41, 5.74) is 0. The van der Waals surface area contributed by atoms with Crippen LogP contribution in [0, 0.1) is 6.92 Å². The minimum atomic E-state index is 0.346. The summed E-state index contributed by atoms with van der Waals surface area (Å²) in [5, 5.41) is 8.92. The second kappa shape index (κ2) is 6.14. The van der Waals surface area contributed by atoms with Crippen molar-refractivity contribution in [1.29, 1.82) is 0 Å². The molecule has 0 spiro atoms. The lowest BCUT2D eigenvalue weighted by atomic mass is 10.2. The number of hydrogen-bond donors (Lipinski definition) is 0. The molecule has 0 unspecified atom stereocenters. The van der Waals surface area contributed by atoms with Crippen molar-refractivity contribution in [3.05, 3.63) is 5.01 Å². The van der Waals surface area contributed by atoms with E-state index in [1.165, 1.54) is 0 Å². The first-order valence-corrected chi connectivity index (χ1v) is 6.47. The number of Topliss-reactive ketones (excluding diaryl/α,β-unsaturated/α-hetero) is 1. The summed E-state index contributed by atoms with van der Waals surface area (Å²) in [5.74, 6) is 1.31. The van der Waals surface area contributed by atoms with E-state index in [-0.39, 0.29) is 0 Å². The molecule has 1 rings (SSSR count). The first-order valence-electron chi connectivity index (χ1n) is 4.67. The monoisotopic (exact) mass is 230 g/mol. The molecule has 0 saturated heterocycles.